The zero-order chi connectivity index (χ0) is 26.1. The summed E-state index contributed by atoms with van der Waals surface area (Å²) in [5, 5.41) is 5.65. The van der Waals surface area contributed by atoms with Crippen LogP contribution >= 0.6 is 11.8 Å². The van der Waals surface area contributed by atoms with Crippen LogP contribution in [0.2, 0.25) is 0 Å². The van der Waals surface area contributed by atoms with Gasteiger partial charge in [0.05, 0.1) is 0 Å². The molecule has 2 N–H and O–H groups in total. The molecule has 0 spiro atoms. The predicted octanol–water partition coefficient (Wildman–Crippen LogP) is 4.78. The average molecular weight is 528 g/mol. The summed E-state index contributed by atoms with van der Waals surface area (Å²) in [4.78, 5) is 25.5. The van der Waals surface area contributed by atoms with Crippen LogP contribution in [0, 0.1) is 18.8 Å². The molecule has 8 nitrogen and oxygen atoms in total. The second-order valence-electron chi connectivity index (χ2n) is 10.5. The normalized spacial score (nSPS) is 19.5. The zero-order valence-corrected chi connectivity index (χ0v) is 23.0. The maximum absolute atomic E-state index is 12.3. The van der Waals surface area contributed by atoms with Gasteiger partial charge in [-0.15, -0.1) is 11.8 Å². The van der Waals surface area contributed by atoms with E-state index in [1.807, 2.05) is 13.8 Å². The molecule has 2 rings (SSSR count). The van der Waals surface area contributed by atoms with Crippen LogP contribution in [0.3, 0.4) is 0 Å². The monoisotopic (exact) mass is 527 g/mol. The van der Waals surface area contributed by atoms with Crippen LogP contribution in [-0.2, 0) is 20.6 Å². The van der Waals surface area contributed by atoms with Gasteiger partial charge in [0.2, 0.25) is 0 Å². The van der Waals surface area contributed by atoms with Gasteiger partial charge in [-0.3, -0.25) is 4.21 Å². The Morgan fingerprint density at radius 3 is 1.86 bits per heavy atom. The lowest BCUT2D eigenvalue weighted by Crippen LogP contribution is -2.41. The minimum atomic E-state index is -2.28. The summed E-state index contributed by atoms with van der Waals surface area (Å²) < 4.78 is 32.5. The molecule has 1 saturated carbocycles. The van der Waals surface area contributed by atoms with Crippen LogP contribution in [0.5, 0.6) is 0 Å². The largest absolute Gasteiger partial charge is 0.772 e. The molecule has 0 radical (unpaired) electrons. The van der Waals surface area contributed by atoms with Gasteiger partial charge in [-0.2, -0.15) is 0 Å². The van der Waals surface area contributed by atoms with Crippen molar-refractivity contribution in [2.75, 3.05) is 24.6 Å². The number of hydrogen-bond donors (Lipinski definition) is 2. The van der Waals surface area contributed by atoms with E-state index in [0.717, 1.165) is 30.6 Å². The molecule has 0 aromatic heterocycles. The first kappa shape index (κ1) is 29.5. The third kappa shape index (κ3) is 12.1. The summed E-state index contributed by atoms with van der Waals surface area (Å²) in [6.45, 7) is 10.1. The molecule has 35 heavy (non-hydrogen) atoms. The van der Waals surface area contributed by atoms with E-state index in [9.17, 15) is 18.4 Å². The van der Waals surface area contributed by atoms with E-state index in [4.69, 9.17) is 9.47 Å². The number of carbonyl (C=O) groups is 2. The first-order chi connectivity index (χ1) is 16.3. The number of ether oxygens (including phenoxy) is 2. The Morgan fingerprint density at radius 1 is 0.943 bits per heavy atom. The third-order valence-electron chi connectivity index (χ3n) is 5.85. The van der Waals surface area contributed by atoms with E-state index in [0.29, 0.717) is 30.7 Å². The lowest BCUT2D eigenvalue weighted by atomic mass is 9.82. The van der Waals surface area contributed by atoms with Crippen LogP contribution in [0.1, 0.15) is 58.9 Å². The summed E-state index contributed by atoms with van der Waals surface area (Å²) in [6.07, 6.45) is 2.79. The topological polar surface area (TPSA) is 117 Å². The van der Waals surface area contributed by atoms with E-state index in [1.165, 1.54) is 5.56 Å². The van der Waals surface area contributed by atoms with Crippen LogP contribution in [-0.4, -0.2) is 56.7 Å². The lowest BCUT2D eigenvalue weighted by Gasteiger charge is -2.30. The molecule has 0 bridgehead atoms. The molecule has 1 atom stereocenters. The van der Waals surface area contributed by atoms with Gasteiger partial charge < -0.3 is 24.7 Å². The summed E-state index contributed by atoms with van der Waals surface area (Å²) in [6, 6.07) is 8.29. The van der Waals surface area contributed by atoms with E-state index in [1.54, 1.807) is 25.6 Å². The highest BCUT2D eigenvalue weighted by Gasteiger charge is 2.27. The second-order valence-corrected chi connectivity index (χ2v) is 12.4. The molecular formula is C25H39N2O6S2-. The van der Waals surface area contributed by atoms with Gasteiger partial charge in [0.1, 0.15) is 11.2 Å². The van der Waals surface area contributed by atoms with Gasteiger partial charge in [0.15, 0.2) is 0 Å². The summed E-state index contributed by atoms with van der Waals surface area (Å²) in [7, 11) is 0. The molecule has 1 fully saturated rings. The zero-order valence-electron chi connectivity index (χ0n) is 21.4. The fourth-order valence-electron chi connectivity index (χ4n) is 3.90. The summed E-state index contributed by atoms with van der Waals surface area (Å²) >= 11 is -0.615. The Balaban J connectivity index is 1.62. The average Bonchev–Trinajstić information content (AvgIpc) is 2.75. The van der Waals surface area contributed by atoms with E-state index in [2.05, 4.69) is 41.8 Å². The molecular weight excluding hydrogens is 488 g/mol. The van der Waals surface area contributed by atoms with Crippen LogP contribution < -0.4 is 10.6 Å². The van der Waals surface area contributed by atoms with Gasteiger partial charge in [-0.1, -0.05) is 28.8 Å². The van der Waals surface area contributed by atoms with Gasteiger partial charge >= 0.3 is 12.2 Å². The number of amides is 2. The molecule has 1 aromatic rings. The van der Waals surface area contributed by atoms with E-state index in [-0.39, 0.29) is 5.75 Å². The fourth-order valence-corrected chi connectivity index (χ4v) is 5.43. The van der Waals surface area contributed by atoms with Crippen molar-refractivity contribution in [2.45, 2.75) is 76.4 Å². The highest BCUT2D eigenvalue weighted by molar-refractivity contribution is 7.99. The molecule has 1 aromatic carbocycles. The number of alkyl carbamates (subject to hydrolysis) is 2. The highest BCUT2D eigenvalue weighted by Crippen LogP contribution is 2.28. The molecule has 1 aliphatic rings. The standard InChI is InChI=1S/C25H40N2O6S2/c1-18-6-12-21(13-7-18)34-16-24(2,3)32-22(28)26-14-19-8-10-20(11-9-19)15-27-23(29)33-25(4,5)17-35(30)31/h6-7,12-13,19-20H,8-11,14-17H2,1-5H3,(H,26,28)(H,27,29)(H,30,31)/p-1. The van der Waals surface area contributed by atoms with Crippen molar-refractivity contribution >= 4 is 35.0 Å². The number of benzene rings is 1. The smallest absolute Gasteiger partial charge is 0.407 e. The van der Waals surface area contributed by atoms with Crippen molar-refractivity contribution in [3.8, 4) is 0 Å². The highest BCUT2D eigenvalue weighted by atomic mass is 32.2. The maximum atomic E-state index is 12.3. The van der Waals surface area contributed by atoms with Crippen molar-refractivity contribution in [1.29, 1.82) is 0 Å². The molecule has 2 amide bonds. The molecule has 1 unspecified atom stereocenters. The quantitative estimate of drug-likeness (QED) is 0.314. The number of hydrogen-bond acceptors (Lipinski definition) is 7. The predicted molar refractivity (Wildman–Crippen MR) is 138 cm³/mol. The first-order valence-electron chi connectivity index (χ1n) is 12.0. The Labute approximate surface area is 216 Å². The van der Waals surface area contributed by atoms with Crippen molar-refractivity contribution in [2.24, 2.45) is 11.8 Å². The van der Waals surface area contributed by atoms with Gasteiger partial charge in [-0.25, -0.2) is 9.59 Å². The molecule has 198 valence electrons. The Morgan fingerprint density at radius 2 is 1.40 bits per heavy atom. The minimum absolute atomic E-state index is 0.246. The van der Waals surface area contributed by atoms with Crippen LogP contribution in [0.4, 0.5) is 9.59 Å². The number of carbonyl (C=O) groups excluding carboxylic acids is 2. The minimum Gasteiger partial charge on any atom is -0.772 e. The Bertz CT molecular complexity index is 852. The van der Waals surface area contributed by atoms with E-state index >= 15 is 0 Å². The lowest BCUT2D eigenvalue weighted by molar-refractivity contribution is 0.0515. The van der Waals surface area contributed by atoms with Crippen molar-refractivity contribution in [3.63, 3.8) is 0 Å². The third-order valence-corrected chi connectivity index (χ3v) is 8.22. The number of nitrogens with one attached hydrogen (secondary N) is 2. The Hall–Kier alpha value is -1.78. The number of rotatable bonds is 11. The molecule has 1 aliphatic carbocycles. The molecule has 0 aliphatic heterocycles. The fraction of sp³-hybridized carbons (Fsp3) is 0.680. The number of thioether (sulfide) groups is 1. The molecule has 0 heterocycles. The SMILES string of the molecule is Cc1ccc(SCC(C)(C)OC(=O)NCC2CCC(CNC(=O)OC(C)(C)CS(=O)[O-])CC2)cc1. The van der Waals surface area contributed by atoms with Gasteiger partial charge in [-0.05, 0) is 84.3 Å². The van der Waals surface area contributed by atoms with Crippen molar-refractivity contribution in [1.82, 2.24) is 10.6 Å². The second kappa shape index (κ2) is 13.5. The molecule has 0 saturated heterocycles. The Kier molecular flexibility index (Phi) is 11.4. The van der Waals surface area contributed by atoms with Crippen molar-refractivity contribution < 1.29 is 27.8 Å². The first-order valence-corrected chi connectivity index (χ1v) is 14.3. The van der Waals surface area contributed by atoms with E-state index < -0.39 is 34.5 Å². The summed E-state index contributed by atoms with van der Waals surface area (Å²) in [5.74, 6) is 1.13. The van der Waals surface area contributed by atoms with Crippen LogP contribution in [0.25, 0.3) is 0 Å². The van der Waals surface area contributed by atoms with Crippen LogP contribution in [0.15, 0.2) is 29.2 Å². The maximum Gasteiger partial charge on any atom is 0.407 e. The van der Waals surface area contributed by atoms with Crippen molar-refractivity contribution in [3.05, 3.63) is 29.8 Å². The number of aryl methyl sites for hydroxylation is 1. The summed E-state index contributed by atoms with van der Waals surface area (Å²) in [5.41, 5.74) is -0.440. The van der Waals surface area contributed by atoms with Gasteiger partial charge in [0.25, 0.3) is 0 Å². The molecule has 10 heteroatoms. The van der Waals surface area contributed by atoms with Gasteiger partial charge in [0, 0.05) is 29.5 Å².